The lowest BCUT2D eigenvalue weighted by molar-refractivity contribution is 0.232. The molecule has 0 saturated carbocycles. The number of halogens is 1. The van der Waals surface area contributed by atoms with Gasteiger partial charge < -0.3 is 20.3 Å². The van der Waals surface area contributed by atoms with Crippen molar-refractivity contribution in [3.8, 4) is 11.5 Å². The van der Waals surface area contributed by atoms with E-state index in [-0.39, 0.29) is 0 Å². The van der Waals surface area contributed by atoms with Gasteiger partial charge in [-0.1, -0.05) is 17.7 Å². The third-order valence-corrected chi connectivity index (χ3v) is 2.38. The summed E-state index contributed by atoms with van der Waals surface area (Å²) < 4.78 is 10.2. The van der Waals surface area contributed by atoms with Crippen molar-refractivity contribution in [1.29, 1.82) is 0 Å². The molecule has 0 spiro atoms. The van der Waals surface area contributed by atoms with Gasteiger partial charge in [-0.2, -0.15) is 0 Å². The van der Waals surface area contributed by atoms with Crippen molar-refractivity contribution >= 4 is 17.7 Å². The van der Waals surface area contributed by atoms with E-state index in [4.69, 9.17) is 31.9 Å². The van der Waals surface area contributed by atoms with E-state index in [1.165, 1.54) is 20.3 Å². The van der Waals surface area contributed by atoms with Gasteiger partial charge in [-0.3, -0.25) is 0 Å². The minimum atomic E-state index is -1.01. The van der Waals surface area contributed by atoms with Gasteiger partial charge in [-0.15, -0.1) is 0 Å². The molecule has 0 unspecified atom stereocenters. The normalized spacial score (nSPS) is 12.8. The first kappa shape index (κ1) is 12.8. The molecule has 0 aliphatic carbocycles. The van der Waals surface area contributed by atoms with Gasteiger partial charge in [-0.25, -0.2) is 0 Å². The fraction of sp³-hybridized carbons (Fsp3) is 0.273. The predicted octanol–water partition coefficient (Wildman–Crippen LogP) is 1.65. The summed E-state index contributed by atoms with van der Waals surface area (Å²) in [6, 6.07) is 3.48. The molecule has 3 N–H and O–H groups in total. The number of methoxy groups -OCH3 is 2. The SMILES string of the molecule is COc1ccc(/C=C/[C@H](N)O)c(Cl)c1OC. The van der Waals surface area contributed by atoms with Gasteiger partial charge in [0.05, 0.1) is 19.2 Å². The molecule has 0 bridgehead atoms. The Morgan fingerprint density at radius 1 is 1.38 bits per heavy atom. The maximum atomic E-state index is 8.92. The molecule has 0 heterocycles. The molecule has 0 aromatic heterocycles. The van der Waals surface area contributed by atoms with E-state index < -0.39 is 6.23 Å². The van der Waals surface area contributed by atoms with Crippen LogP contribution in [0.4, 0.5) is 0 Å². The molecule has 1 aromatic rings. The van der Waals surface area contributed by atoms with Crippen molar-refractivity contribution in [3.05, 3.63) is 28.8 Å². The van der Waals surface area contributed by atoms with E-state index in [9.17, 15) is 0 Å². The number of hydrogen-bond donors (Lipinski definition) is 2. The Morgan fingerprint density at radius 3 is 2.56 bits per heavy atom. The lowest BCUT2D eigenvalue weighted by atomic mass is 10.2. The zero-order valence-corrected chi connectivity index (χ0v) is 9.86. The Balaban J connectivity index is 3.14. The number of aliphatic hydroxyl groups excluding tert-OH is 1. The monoisotopic (exact) mass is 243 g/mol. The van der Waals surface area contributed by atoms with Crippen LogP contribution in [0.5, 0.6) is 11.5 Å². The minimum Gasteiger partial charge on any atom is -0.493 e. The van der Waals surface area contributed by atoms with Crippen LogP contribution in [-0.2, 0) is 0 Å². The van der Waals surface area contributed by atoms with Crippen LogP contribution in [0.2, 0.25) is 5.02 Å². The summed E-state index contributed by atoms with van der Waals surface area (Å²) in [7, 11) is 3.04. The second-order valence-electron chi connectivity index (χ2n) is 3.05. The van der Waals surface area contributed by atoms with Gasteiger partial charge in [0, 0.05) is 0 Å². The van der Waals surface area contributed by atoms with Crippen molar-refractivity contribution < 1.29 is 14.6 Å². The number of nitrogens with two attached hydrogens (primary N) is 1. The van der Waals surface area contributed by atoms with E-state index in [0.717, 1.165) is 0 Å². The summed E-state index contributed by atoms with van der Waals surface area (Å²) in [5, 5.41) is 9.34. The van der Waals surface area contributed by atoms with Crippen LogP contribution < -0.4 is 15.2 Å². The summed E-state index contributed by atoms with van der Waals surface area (Å²) >= 11 is 6.10. The highest BCUT2D eigenvalue weighted by molar-refractivity contribution is 6.33. The van der Waals surface area contributed by atoms with Gasteiger partial charge in [-0.05, 0) is 23.8 Å². The lowest BCUT2D eigenvalue weighted by Gasteiger charge is -2.10. The first-order chi connectivity index (χ1) is 7.60. The molecule has 4 nitrogen and oxygen atoms in total. The van der Waals surface area contributed by atoms with Crippen molar-refractivity contribution in [2.45, 2.75) is 6.23 Å². The molecule has 1 rings (SSSR count). The molecule has 88 valence electrons. The van der Waals surface area contributed by atoms with E-state index in [0.29, 0.717) is 22.1 Å². The molecule has 0 aliphatic heterocycles. The summed E-state index contributed by atoms with van der Waals surface area (Å²) in [6.07, 6.45) is 2.03. The molecule has 1 atom stereocenters. The molecule has 0 fully saturated rings. The fourth-order valence-electron chi connectivity index (χ4n) is 1.24. The average Bonchev–Trinajstić information content (AvgIpc) is 2.26. The summed E-state index contributed by atoms with van der Waals surface area (Å²) in [5.74, 6) is 1.01. The quantitative estimate of drug-likeness (QED) is 0.790. The smallest absolute Gasteiger partial charge is 0.179 e. The number of ether oxygens (including phenoxy) is 2. The Labute approximate surface area is 99.2 Å². The van der Waals surface area contributed by atoms with Gasteiger partial charge in [0.15, 0.2) is 11.5 Å². The third-order valence-electron chi connectivity index (χ3n) is 1.99. The highest BCUT2D eigenvalue weighted by Gasteiger charge is 2.11. The van der Waals surface area contributed by atoms with Gasteiger partial charge >= 0.3 is 0 Å². The summed E-state index contributed by atoms with van der Waals surface area (Å²) in [4.78, 5) is 0. The molecular weight excluding hydrogens is 230 g/mol. The molecule has 0 radical (unpaired) electrons. The Bertz CT molecular complexity index is 391. The Kier molecular flexibility index (Phi) is 4.61. The Morgan fingerprint density at radius 2 is 2.06 bits per heavy atom. The van der Waals surface area contributed by atoms with E-state index in [1.54, 1.807) is 18.2 Å². The van der Waals surface area contributed by atoms with Crippen molar-refractivity contribution in [1.82, 2.24) is 0 Å². The summed E-state index contributed by atoms with van der Waals surface area (Å²) in [5.41, 5.74) is 5.88. The summed E-state index contributed by atoms with van der Waals surface area (Å²) in [6.45, 7) is 0. The second-order valence-corrected chi connectivity index (χ2v) is 3.43. The standard InChI is InChI=1S/C11H14ClNO3/c1-15-8-5-3-7(4-6-9(13)14)10(12)11(8)16-2/h3-6,9,14H,13H2,1-2H3/b6-4+/t9-/m1/s1. The molecule has 1 aromatic carbocycles. The maximum Gasteiger partial charge on any atom is 0.179 e. The molecular formula is C11H14ClNO3. The Hall–Kier alpha value is -1.23. The number of aliphatic hydroxyl groups is 1. The van der Waals surface area contributed by atoms with Crippen LogP contribution in [0, 0.1) is 0 Å². The van der Waals surface area contributed by atoms with Gasteiger partial charge in [0.2, 0.25) is 0 Å². The molecule has 0 aliphatic rings. The number of rotatable bonds is 4. The van der Waals surface area contributed by atoms with E-state index >= 15 is 0 Å². The van der Waals surface area contributed by atoms with Crippen molar-refractivity contribution in [2.24, 2.45) is 5.73 Å². The van der Waals surface area contributed by atoms with Crippen molar-refractivity contribution in [3.63, 3.8) is 0 Å². The van der Waals surface area contributed by atoms with Crippen LogP contribution in [0.15, 0.2) is 18.2 Å². The van der Waals surface area contributed by atoms with Gasteiger partial charge in [0.25, 0.3) is 0 Å². The van der Waals surface area contributed by atoms with Crippen LogP contribution >= 0.6 is 11.6 Å². The van der Waals surface area contributed by atoms with Crippen LogP contribution in [-0.4, -0.2) is 25.6 Å². The molecule has 0 amide bonds. The maximum absolute atomic E-state index is 8.92. The first-order valence-electron chi connectivity index (χ1n) is 4.62. The van der Waals surface area contributed by atoms with Crippen molar-refractivity contribution in [2.75, 3.05) is 14.2 Å². The molecule has 16 heavy (non-hydrogen) atoms. The zero-order valence-electron chi connectivity index (χ0n) is 9.11. The first-order valence-corrected chi connectivity index (χ1v) is 5.00. The highest BCUT2D eigenvalue weighted by Crippen LogP contribution is 2.37. The topological polar surface area (TPSA) is 64.7 Å². The molecule has 5 heteroatoms. The highest BCUT2D eigenvalue weighted by atomic mass is 35.5. The minimum absolute atomic E-state index is 0.416. The average molecular weight is 244 g/mol. The van der Waals surface area contributed by atoms with E-state index in [1.807, 2.05) is 0 Å². The second kappa shape index (κ2) is 5.75. The third kappa shape index (κ3) is 2.88. The van der Waals surface area contributed by atoms with Crippen LogP contribution in [0.3, 0.4) is 0 Å². The van der Waals surface area contributed by atoms with Gasteiger partial charge in [0.1, 0.15) is 6.23 Å². The fourth-order valence-corrected chi connectivity index (χ4v) is 1.53. The number of hydrogen-bond acceptors (Lipinski definition) is 4. The largest absolute Gasteiger partial charge is 0.493 e. The van der Waals surface area contributed by atoms with E-state index in [2.05, 4.69) is 0 Å². The van der Waals surface area contributed by atoms with Crippen LogP contribution in [0.1, 0.15) is 5.56 Å². The zero-order chi connectivity index (χ0) is 12.1. The predicted molar refractivity (Wildman–Crippen MR) is 63.8 cm³/mol. The molecule has 0 saturated heterocycles. The van der Waals surface area contributed by atoms with Crippen LogP contribution in [0.25, 0.3) is 6.08 Å². The number of benzene rings is 1. The lowest BCUT2D eigenvalue weighted by Crippen LogP contribution is -2.14.